The first-order chi connectivity index (χ1) is 14.9. The number of benzene rings is 2. The van der Waals surface area contributed by atoms with Gasteiger partial charge in [-0.05, 0) is 30.0 Å². The molecule has 5 nitrogen and oxygen atoms in total. The summed E-state index contributed by atoms with van der Waals surface area (Å²) in [6.07, 6.45) is 9.62. The SMILES string of the molecule is c1ccc(Cn2ccnc2C2(c3ccccc3)CCN(c3ncccn3)CC2)cc1. The van der Waals surface area contributed by atoms with Gasteiger partial charge in [-0.2, -0.15) is 0 Å². The van der Waals surface area contributed by atoms with Crippen LogP contribution in [0.3, 0.4) is 0 Å². The van der Waals surface area contributed by atoms with Crippen LogP contribution in [0.4, 0.5) is 5.95 Å². The highest BCUT2D eigenvalue weighted by Gasteiger charge is 2.41. The first kappa shape index (κ1) is 18.6. The minimum atomic E-state index is -0.120. The number of hydrogen-bond donors (Lipinski definition) is 0. The van der Waals surface area contributed by atoms with E-state index in [1.54, 1.807) is 0 Å². The van der Waals surface area contributed by atoms with Crippen LogP contribution >= 0.6 is 0 Å². The summed E-state index contributed by atoms with van der Waals surface area (Å²) >= 11 is 0. The molecule has 5 rings (SSSR count). The number of rotatable bonds is 5. The third-order valence-electron chi connectivity index (χ3n) is 6.12. The molecule has 0 saturated carbocycles. The van der Waals surface area contributed by atoms with Crippen molar-refractivity contribution >= 4 is 5.95 Å². The molecule has 1 aliphatic rings. The molecule has 0 aliphatic carbocycles. The molecule has 0 N–H and O–H groups in total. The summed E-state index contributed by atoms with van der Waals surface area (Å²) in [4.78, 5) is 16.1. The molecule has 30 heavy (non-hydrogen) atoms. The Labute approximate surface area is 177 Å². The summed E-state index contributed by atoms with van der Waals surface area (Å²) in [5, 5.41) is 0. The molecule has 0 radical (unpaired) electrons. The van der Waals surface area contributed by atoms with E-state index in [9.17, 15) is 0 Å². The van der Waals surface area contributed by atoms with Gasteiger partial charge < -0.3 is 9.47 Å². The van der Waals surface area contributed by atoms with E-state index >= 15 is 0 Å². The Kier molecular flexibility index (Phi) is 5.01. The van der Waals surface area contributed by atoms with E-state index in [1.165, 1.54) is 11.1 Å². The molecule has 0 spiro atoms. The molecule has 0 bridgehead atoms. The molecule has 0 amide bonds. The highest BCUT2D eigenvalue weighted by Crippen LogP contribution is 2.41. The molecule has 2 aromatic carbocycles. The van der Waals surface area contributed by atoms with Crippen LogP contribution in [0.1, 0.15) is 29.8 Å². The van der Waals surface area contributed by atoms with Gasteiger partial charge in [-0.3, -0.25) is 0 Å². The van der Waals surface area contributed by atoms with Crippen molar-refractivity contribution in [3.05, 3.63) is 108 Å². The maximum Gasteiger partial charge on any atom is 0.225 e. The highest BCUT2D eigenvalue weighted by atomic mass is 15.3. The summed E-state index contributed by atoms with van der Waals surface area (Å²) in [7, 11) is 0. The second kappa shape index (κ2) is 8.11. The van der Waals surface area contributed by atoms with Crippen LogP contribution in [0.2, 0.25) is 0 Å². The molecular weight excluding hydrogens is 370 g/mol. The number of hydrogen-bond acceptors (Lipinski definition) is 4. The smallest absolute Gasteiger partial charge is 0.225 e. The molecule has 0 atom stereocenters. The topological polar surface area (TPSA) is 46.8 Å². The van der Waals surface area contributed by atoms with Crippen LogP contribution in [0, 0.1) is 0 Å². The van der Waals surface area contributed by atoms with Crippen molar-refractivity contribution in [2.75, 3.05) is 18.0 Å². The van der Waals surface area contributed by atoms with Gasteiger partial charge in [-0.25, -0.2) is 15.0 Å². The predicted octanol–water partition coefficient (Wildman–Crippen LogP) is 4.31. The first-order valence-electron chi connectivity index (χ1n) is 10.5. The summed E-state index contributed by atoms with van der Waals surface area (Å²) < 4.78 is 2.32. The zero-order valence-electron chi connectivity index (χ0n) is 16.9. The summed E-state index contributed by atoms with van der Waals surface area (Å²) in [5.74, 6) is 1.96. The summed E-state index contributed by atoms with van der Waals surface area (Å²) in [6, 6.07) is 23.3. The minimum absolute atomic E-state index is 0.120. The van der Waals surface area contributed by atoms with Crippen molar-refractivity contribution in [2.24, 2.45) is 0 Å². The standard InChI is InChI=1S/C25H25N5/c1-3-8-21(9-4-1)20-30-19-16-26-23(30)25(22-10-5-2-6-11-22)12-17-29(18-13-25)24-27-14-7-15-28-24/h1-11,14-16,19H,12-13,17-18,20H2. The van der Waals surface area contributed by atoms with E-state index < -0.39 is 0 Å². The molecule has 0 unspecified atom stereocenters. The first-order valence-corrected chi connectivity index (χ1v) is 10.5. The Morgan fingerprint density at radius 2 is 1.40 bits per heavy atom. The van der Waals surface area contributed by atoms with Gasteiger partial charge in [0.25, 0.3) is 0 Å². The van der Waals surface area contributed by atoms with Gasteiger partial charge in [0.2, 0.25) is 5.95 Å². The zero-order chi connectivity index (χ0) is 20.2. The molecule has 1 fully saturated rings. The van der Waals surface area contributed by atoms with Crippen LogP contribution in [-0.2, 0) is 12.0 Å². The number of aromatic nitrogens is 4. The molecule has 2 aromatic heterocycles. The van der Waals surface area contributed by atoms with E-state index in [2.05, 4.69) is 86.3 Å². The molecule has 1 aliphatic heterocycles. The fourth-order valence-electron chi connectivity index (χ4n) is 4.58. The molecular formula is C25H25N5. The molecule has 150 valence electrons. The van der Waals surface area contributed by atoms with Crippen molar-refractivity contribution in [1.29, 1.82) is 0 Å². The van der Waals surface area contributed by atoms with Crippen molar-refractivity contribution in [2.45, 2.75) is 24.8 Å². The lowest BCUT2D eigenvalue weighted by Crippen LogP contribution is -2.45. The van der Waals surface area contributed by atoms with Crippen molar-refractivity contribution in [3.8, 4) is 0 Å². The van der Waals surface area contributed by atoms with Crippen LogP contribution < -0.4 is 4.90 Å². The Bertz CT molecular complexity index is 1070. The molecule has 3 heterocycles. The van der Waals surface area contributed by atoms with E-state index in [4.69, 9.17) is 4.98 Å². The fourth-order valence-corrected chi connectivity index (χ4v) is 4.58. The maximum absolute atomic E-state index is 4.90. The third-order valence-corrected chi connectivity index (χ3v) is 6.12. The lowest BCUT2D eigenvalue weighted by atomic mass is 9.72. The van der Waals surface area contributed by atoms with Gasteiger partial charge in [0.1, 0.15) is 5.82 Å². The van der Waals surface area contributed by atoms with Gasteiger partial charge in [-0.15, -0.1) is 0 Å². The van der Waals surface area contributed by atoms with Gasteiger partial charge in [0.05, 0.1) is 5.41 Å². The minimum Gasteiger partial charge on any atom is -0.341 e. The Balaban J connectivity index is 1.50. The van der Waals surface area contributed by atoms with E-state index in [-0.39, 0.29) is 5.41 Å². The van der Waals surface area contributed by atoms with Crippen LogP contribution in [0.5, 0.6) is 0 Å². The van der Waals surface area contributed by atoms with Gasteiger partial charge in [-0.1, -0.05) is 60.7 Å². The number of piperidine rings is 1. The fraction of sp³-hybridized carbons (Fsp3) is 0.240. The number of nitrogens with zero attached hydrogens (tertiary/aromatic N) is 5. The zero-order valence-corrected chi connectivity index (χ0v) is 16.9. The Morgan fingerprint density at radius 3 is 2.10 bits per heavy atom. The lowest BCUT2D eigenvalue weighted by molar-refractivity contribution is 0.359. The van der Waals surface area contributed by atoms with Crippen LogP contribution in [-0.4, -0.2) is 32.6 Å². The van der Waals surface area contributed by atoms with Crippen molar-refractivity contribution in [3.63, 3.8) is 0 Å². The van der Waals surface area contributed by atoms with Gasteiger partial charge in [0, 0.05) is 44.4 Å². The average molecular weight is 396 g/mol. The van der Waals surface area contributed by atoms with E-state index in [0.29, 0.717) is 0 Å². The number of imidazole rings is 1. The second-order valence-electron chi connectivity index (χ2n) is 7.85. The summed E-state index contributed by atoms with van der Waals surface area (Å²) in [5.41, 5.74) is 2.50. The van der Waals surface area contributed by atoms with Gasteiger partial charge in [0.15, 0.2) is 0 Å². The quantitative estimate of drug-likeness (QED) is 0.505. The predicted molar refractivity (Wildman–Crippen MR) is 118 cm³/mol. The van der Waals surface area contributed by atoms with Gasteiger partial charge >= 0.3 is 0 Å². The molecule has 5 heteroatoms. The van der Waals surface area contributed by atoms with E-state index in [1.807, 2.05) is 24.7 Å². The van der Waals surface area contributed by atoms with E-state index in [0.717, 1.165) is 44.2 Å². The largest absolute Gasteiger partial charge is 0.341 e. The lowest BCUT2D eigenvalue weighted by Gasteiger charge is -2.42. The molecule has 4 aromatic rings. The summed E-state index contributed by atoms with van der Waals surface area (Å²) in [6.45, 7) is 2.63. The second-order valence-corrected chi connectivity index (χ2v) is 7.85. The Morgan fingerprint density at radius 1 is 0.733 bits per heavy atom. The molecule has 1 saturated heterocycles. The van der Waals surface area contributed by atoms with Crippen LogP contribution in [0.25, 0.3) is 0 Å². The average Bonchev–Trinajstić information content (AvgIpc) is 3.29. The number of anilines is 1. The third kappa shape index (κ3) is 3.47. The Hall–Kier alpha value is -3.47. The van der Waals surface area contributed by atoms with Crippen LogP contribution in [0.15, 0.2) is 91.5 Å². The normalized spacial score (nSPS) is 15.8. The van der Waals surface area contributed by atoms with Crippen molar-refractivity contribution < 1.29 is 0 Å². The van der Waals surface area contributed by atoms with Crippen molar-refractivity contribution in [1.82, 2.24) is 19.5 Å². The maximum atomic E-state index is 4.90. The highest BCUT2D eigenvalue weighted by molar-refractivity contribution is 5.39. The monoisotopic (exact) mass is 395 g/mol.